The van der Waals surface area contributed by atoms with Gasteiger partial charge < -0.3 is 23.9 Å². The van der Waals surface area contributed by atoms with E-state index in [9.17, 15) is 19.6 Å². The Morgan fingerprint density at radius 2 is 1.59 bits per heavy atom. The monoisotopic (exact) mass is 378 g/mol. The van der Waals surface area contributed by atoms with Crippen molar-refractivity contribution in [3.63, 3.8) is 0 Å². The number of anilines is 1. The number of pyridine rings is 1. The van der Waals surface area contributed by atoms with Crippen LogP contribution in [0, 0.1) is 0 Å². The van der Waals surface area contributed by atoms with Crippen LogP contribution in [0.3, 0.4) is 0 Å². The third-order valence-electron chi connectivity index (χ3n) is 3.05. The highest BCUT2D eigenvalue weighted by molar-refractivity contribution is 6.57. The van der Waals surface area contributed by atoms with Crippen LogP contribution in [0.1, 0.15) is 41.5 Å². The van der Waals surface area contributed by atoms with E-state index in [1.807, 2.05) is 0 Å². The van der Waals surface area contributed by atoms with E-state index >= 15 is 0 Å². The van der Waals surface area contributed by atoms with E-state index in [0.717, 1.165) is 0 Å². The van der Waals surface area contributed by atoms with Gasteiger partial charge in [0.15, 0.2) is 11.4 Å². The Balaban J connectivity index is 2.57. The molecule has 0 aliphatic carbocycles. The van der Waals surface area contributed by atoms with Crippen LogP contribution < -0.4 is 10.6 Å². The molecule has 10 heteroatoms. The van der Waals surface area contributed by atoms with Crippen LogP contribution in [0.15, 0.2) is 22.7 Å². The first-order valence-electron chi connectivity index (χ1n) is 8.29. The third kappa shape index (κ3) is 5.21. The molecule has 0 saturated carbocycles. The van der Waals surface area contributed by atoms with Crippen LogP contribution in [-0.4, -0.2) is 45.5 Å². The minimum Gasteiger partial charge on any atom is -0.461 e. The normalized spacial score (nSPS) is 12.0. The fraction of sp³-hybridized carbons (Fsp3) is 0.471. The van der Waals surface area contributed by atoms with E-state index < -0.39 is 30.5 Å². The van der Waals surface area contributed by atoms with E-state index in [-0.39, 0.29) is 17.1 Å². The van der Waals surface area contributed by atoms with Gasteiger partial charge in [0.2, 0.25) is 0 Å². The number of hydrogen-bond acceptors (Lipinski definition) is 8. The summed E-state index contributed by atoms with van der Waals surface area (Å²) in [7, 11) is -1.86. The van der Waals surface area contributed by atoms with Gasteiger partial charge in [0.25, 0.3) is 0 Å². The smallest absolute Gasteiger partial charge is 0.461 e. The van der Waals surface area contributed by atoms with Crippen molar-refractivity contribution in [2.45, 2.75) is 52.7 Å². The molecule has 2 N–H and O–H groups in total. The van der Waals surface area contributed by atoms with Crippen LogP contribution in [0.2, 0.25) is 0 Å². The SMILES string of the molecule is CC(C)(C)OC(=O)N(C(=O)OC(C)(C)C)c1nccc2cc(B(O)O)oc12. The molecule has 0 aromatic carbocycles. The average Bonchev–Trinajstić information content (AvgIpc) is 2.88. The molecular formula is C17H23BN2O7. The Morgan fingerprint density at radius 1 is 1.07 bits per heavy atom. The zero-order valence-electron chi connectivity index (χ0n) is 16.1. The molecule has 2 aromatic heterocycles. The van der Waals surface area contributed by atoms with Crippen molar-refractivity contribution in [3.8, 4) is 0 Å². The zero-order valence-corrected chi connectivity index (χ0v) is 16.1. The standard InChI is InChI=1S/C17H23BN2O7/c1-16(2,3)26-14(21)20(15(22)27-17(4,5)6)13-12-10(7-8-19-13)9-11(25-12)18(23)24/h7-9,23-24H,1-6H3. The lowest BCUT2D eigenvalue weighted by Gasteiger charge is -2.27. The van der Waals surface area contributed by atoms with E-state index in [1.54, 1.807) is 41.5 Å². The maximum absolute atomic E-state index is 12.7. The van der Waals surface area contributed by atoms with E-state index in [2.05, 4.69) is 4.98 Å². The van der Waals surface area contributed by atoms with Crippen molar-refractivity contribution in [1.82, 2.24) is 4.98 Å². The molecule has 0 unspecified atom stereocenters. The highest BCUT2D eigenvalue weighted by Gasteiger charge is 2.36. The van der Waals surface area contributed by atoms with Crippen molar-refractivity contribution in [2.75, 3.05) is 4.90 Å². The summed E-state index contributed by atoms with van der Waals surface area (Å²) in [4.78, 5) is 30.1. The summed E-state index contributed by atoms with van der Waals surface area (Å²) in [6.45, 7) is 9.91. The first-order valence-corrected chi connectivity index (χ1v) is 8.29. The quantitative estimate of drug-likeness (QED) is 0.763. The lowest BCUT2D eigenvalue weighted by atomic mass is 9.88. The molecule has 27 heavy (non-hydrogen) atoms. The minimum atomic E-state index is -1.86. The zero-order chi connectivity index (χ0) is 20.6. The van der Waals surface area contributed by atoms with Gasteiger partial charge in [-0.25, -0.2) is 14.6 Å². The topological polar surface area (TPSA) is 122 Å². The molecule has 0 aliphatic rings. The summed E-state index contributed by atoms with van der Waals surface area (Å²) in [5, 5.41) is 19.1. The second-order valence-electron chi connectivity index (χ2n) is 7.87. The molecule has 0 saturated heterocycles. The van der Waals surface area contributed by atoms with Gasteiger partial charge >= 0.3 is 19.3 Å². The largest absolute Gasteiger partial charge is 0.526 e. The molecule has 2 rings (SSSR count). The van der Waals surface area contributed by atoms with Gasteiger partial charge in [-0.15, -0.1) is 0 Å². The first-order chi connectivity index (χ1) is 12.3. The number of fused-ring (bicyclic) bond motifs is 1. The lowest BCUT2D eigenvalue weighted by Crippen LogP contribution is -2.44. The predicted molar refractivity (Wildman–Crippen MR) is 98.8 cm³/mol. The minimum absolute atomic E-state index is 0.0114. The molecule has 2 amide bonds. The molecule has 146 valence electrons. The molecule has 0 aliphatic heterocycles. The lowest BCUT2D eigenvalue weighted by molar-refractivity contribution is 0.0429. The molecule has 2 aromatic rings. The van der Waals surface area contributed by atoms with Crippen molar-refractivity contribution in [1.29, 1.82) is 0 Å². The Hall–Kier alpha value is -2.59. The third-order valence-corrected chi connectivity index (χ3v) is 3.05. The first kappa shape index (κ1) is 20.7. The van der Waals surface area contributed by atoms with Gasteiger partial charge in [-0.05, 0) is 53.7 Å². The Labute approximate surface area is 157 Å². The number of carbonyl (C=O) groups excluding carboxylic acids is 2. The summed E-state index contributed by atoms with van der Waals surface area (Å²) in [6, 6.07) is 2.91. The summed E-state index contributed by atoms with van der Waals surface area (Å²) in [5.41, 5.74) is -1.90. The van der Waals surface area contributed by atoms with E-state index in [0.29, 0.717) is 10.3 Å². The van der Waals surface area contributed by atoms with Gasteiger partial charge in [-0.1, -0.05) is 0 Å². The summed E-state index contributed by atoms with van der Waals surface area (Å²) >= 11 is 0. The second-order valence-corrected chi connectivity index (χ2v) is 7.87. The van der Waals surface area contributed by atoms with Gasteiger partial charge in [0, 0.05) is 11.6 Å². The van der Waals surface area contributed by atoms with Crippen molar-refractivity contribution in [3.05, 3.63) is 18.3 Å². The summed E-state index contributed by atoms with van der Waals surface area (Å²) in [5.74, 6) is -0.178. The van der Waals surface area contributed by atoms with Gasteiger partial charge in [0.05, 0.1) is 0 Å². The van der Waals surface area contributed by atoms with Crippen molar-refractivity contribution >= 4 is 41.8 Å². The van der Waals surface area contributed by atoms with Gasteiger partial charge in [-0.2, -0.15) is 4.90 Å². The number of rotatable bonds is 2. The van der Waals surface area contributed by atoms with E-state index in [1.165, 1.54) is 18.3 Å². The number of ether oxygens (including phenoxy) is 2. The molecule has 0 fully saturated rings. The molecular weight excluding hydrogens is 355 g/mol. The average molecular weight is 378 g/mol. The van der Waals surface area contributed by atoms with Crippen molar-refractivity contribution < 1.29 is 33.5 Å². The van der Waals surface area contributed by atoms with Crippen LogP contribution in [0.4, 0.5) is 15.4 Å². The van der Waals surface area contributed by atoms with Gasteiger partial charge in [0.1, 0.15) is 16.9 Å². The molecule has 0 radical (unpaired) electrons. The Kier molecular flexibility index (Phi) is 5.53. The number of amides is 2. The van der Waals surface area contributed by atoms with Gasteiger partial charge in [-0.3, -0.25) is 0 Å². The molecule has 0 atom stereocenters. The number of imide groups is 1. The van der Waals surface area contributed by atoms with E-state index in [4.69, 9.17) is 13.9 Å². The molecule has 0 bridgehead atoms. The molecule has 0 spiro atoms. The van der Waals surface area contributed by atoms with Crippen LogP contribution in [0.25, 0.3) is 11.0 Å². The fourth-order valence-electron chi connectivity index (χ4n) is 2.12. The maximum Gasteiger partial charge on any atom is 0.526 e. The van der Waals surface area contributed by atoms with Crippen LogP contribution >= 0.6 is 0 Å². The number of nitrogens with zero attached hydrogens (tertiary/aromatic N) is 2. The Bertz CT molecular complexity index is 821. The number of carbonyl (C=O) groups is 2. The van der Waals surface area contributed by atoms with Crippen LogP contribution in [-0.2, 0) is 9.47 Å². The molecule has 9 nitrogen and oxygen atoms in total. The highest BCUT2D eigenvalue weighted by atomic mass is 16.6. The predicted octanol–water partition coefficient (Wildman–Crippen LogP) is 2.18. The number of aromatic nitrogens is 1. The fourth-order valence-corrected chi connectivity index (χ4v) is 2.12. The summed E-state index contributed by atoms with van der Waals surface area (Å²) < 4.78 is 16.0. The summed E-state index contributed by atoms with van der Waals surface area (Å²) in [6.07, 6.45) is -0.652. The number of hydrogen-bond donors (Lipinski definition) is 2. The van der Waals surface area contributed by atoms with Crippen molar-refractivity contribution in [2.24, 2.45) is 0 Å². The second kappa shape index (κ2) is 7.20. The maximum atomic E-state index is 12.7. The Morgan fingerprint density at radius 3 is 2.04 bits per heavy atom. The highest BCUT2D eigenvalue weighted by Crippen LogP contribution is 2.27. The molecule has 2 heterocycles. The number of furan rings is 1. The van der Waals surface area contributed by atoms with Crippen LogP contribution in [0.5, 0.6) is 0 Å².